The average molecular weight is 276 g/mol. The average Bonchev–Trinajstić information content (AvgIpc) is 2.89. The number of nitrogens with zero attached hydrogens (tertiary/aromatic N) is 1. The van der Waals surface area contributed by atoms with Gasteiger partial charge in [-0.05, 0) is 44.5 Å². The molecule has 1 heterocycles. The number of para-hydroxylation sites is 1. The largest absolute Gasteiger partial charge is 0.382 e. The summed E-state index contributed by atoms with van der Waals surface area (Å²) in [7, 11) is 0. The molecule has 1 saturated heterocycles. The Labute approximate surface area is 123 Å². The van der Waals surface area contributed by atoms with Crippen LogP contribution in [-0.4, -0.2) is 36.7 Å². The molecule has 0 spiro atoms. The molecule has 1 aliphatic heterocycles. The number of benzene rings is 1. The van der Waals surface area contributed by atoms with E-state index in [1.54, 1.807) is 0 Å². The molecule has 0 aromatic heterocycles. The molecule has 0 amide bonds. The monoisotopic (exact) mass is 276 g/mol. The summed E-state index contributed by atoms with van der Waals surface area (Å²) in [5, 5.41) is 3.58. The number of ether oxygens (including phenoxy) is 1. The molecule has 2 atom stereocenters. The first-order valence-corrected chi connectivity index (χ1v) is 7.92. The standard InChI is InChI=1S/C17H28N2O/c1-4-19(5-2)13-15-8-6-7-9-17(15)18-12-16-11-10-14(3)20-16/h6-9,14,16,18H,4-5,10-13H2,1-3H3. The zero-order valence-corrected chi connectivity index (χ0v) is 13.1. The van der Waals surface area contributed by atoms with E-state index < -0.39 is 0 Å². The minimum Gasteiger partial charge on any atom is -0.382 e. The van der Waals surface area contributed by atoms with Gasteiger partial charge in [-0.25, -0.2) is 0 Å². The van der Waals surface area contributed by atoms with E-state index in [1.165, 1.54) is 24.1 Å². The highest BCUT2D eigenvalue weighted by molar-refractivity contribution is 5.51. The van der Waals surface area contributed by atoms with Crippen molar-refractivity contribution in [3.8, 4) is 0 Å². The molecule has 1 aliphatic rings. The second-order valence-electron chi connectivity index (χ2n) is 5.65. The molecule has 1 fully saturated rings. The van der Waals surface area contributed by atoms with Gasteiger partial charge in [0.1, 0.15) is 0 Å². The third-order valence-corrected chi connectivity index (χ3v) is 4.15. The maximum atomic E-state index is 5.87. The highest BCUT2D eigenvalue weighted by Crippen LogP contribution is 2.21. The lowest BCUT2D eigenvalue weighted by Crippen LogP contribution is -2.24. The van der Waals surface area contributed by atoms with E-state index in [0.29, 0.717) is 12.2 Å². The van der Waals surface area contributed by atoms with Crippen molar-refractivity contribution >= 4 is 5.69 Å². The third kappa shape index (κ3) is 4.22. The molecule has 0 saturated carbocycles. The summed E-state index contributed by atoms with van der Waals surface area (Å²) >= 11 is 0. The van der Waals surface area contributed by atoms with Gasteiger partial charge in [0, 0.05) is 18.8 Å². The number of anilines is 1. The van der Waals surface area contributed by atoms with Crippen LogP contribution in [0.1, 0.15) is 39.2 Å². The maximum Gasteiger partial charge on any atom is 0.0751 e. The minimum absolute atomic E-state index is 0.367. The zero-order valence-electron chi connectivity index (χ0n) is 13.1. The van der Waals surface area contributed by atoms with E-state index in [1.807, 2.05) is 0 Å². The van der Waals surface area contributed by atoms with E-state index in [-0.39, 0.29) is 0 Å². The highest BCUT2D eigenvalue weighted by atomic mass is 16.5. The summed E-state index contributed by atoms with van der Waals surface area (Å²) < 4.78 is 5.87. The van der Waals surface area contributed by atoms with E-state index in [4.69, 9.17) is 4.74 Å². The second-order valence-corrected chi connectivity index (χ2v) is 5.65. The van der Waals surface area contributed by atoms with Crippen LogP contribution in [-0.2, 0) is 11.3 Å². The molecule has 2 rings (SSSR count). The Morgan fingerprint density at radius 1 is 1.20 bits per heavy atom. The molecule has 1 N–H and O–H groups in total. The van der Waals surface area contributed by atoms with Crippen molar-refractivity contribution in [2.75, 3.05) is 25.0 Å². The molecular weight excluding hydrogens is 248 g/mol. The normalized spacial score (nSPS) is 22.4. The molecule has 20 heavy (non-hydrogen) atoms. The number of hydrogen-bond acceptors (Lipinski definition) is 3. The van der Waals surface area contributed by atoms with E-state index in [0.717, 1.165) is 26.2 Å². The fourth-order valence-electron chi connectivity index (χ4n) is 2.78. The van der Waals surface area contributed by atoms with Gasteiger partial charge in [0.2, 0.25) is 0 Å². The first-order chi connectivity index (χ1) is 9.72. The predicted octanol–water partition coefficient (Wildman–Crippen LogP) is 3.51. The van der Waals surface area contributed by atoms with Crippen LogP contribution in [0, 0.1) is 0 Å². The minimum atomic E-state index is 0.367. The lowest BCUT2D eigenvalue weighted by atomic mass is 10.1. The van der Waals surface area contributed by atoms with E-state index in [9.17, 15) is 0 Å². The van der Waals surface area contributed by atoms with Gasteiger partial charge in [-0.1, -0.05) is 32.0 Å². The molecule has 0 bridgehead atoms. The number of hydrogen-bond donors (Lipinski definition) is 1. The second kappa shape index (κ2) is 7.65. The lowest BCUT2D eigenvalue weighted by Gasteiger charge is -2.21. The zero-order chi connectivity index (χ0) is 14.4. The van der Waals surface area contributed by atoms with Crippen LogP contribution in [0.15, 0.2) is 24.3 Å². The molecule has 3 heteroatoms. The van der Waals surface area contributed by atoms with Crippen molar-refractivity contribution in [3.63, 3.8) is 0 Å². The molecule has 3 nitrogen and oxygen atoms in total. The molecule has 1 aromatic carbocycles. The van der Waals surface area contributed by atoms with Crippen LogP contribution in [0.25, 0.3) is 0 Å². The highest BCUT2D eigenvalue weighted by Gasteiger charge is 2.21. The molecule has 2 unspecified atom stereocenters. The van der Waals surface area contributed by atoms with Crippen molar-refractivity contribution in [3.05, 3.63) is 29.8 Å². The Morgan fingerprint density at radius 3 is 2.60 bits per heavy atom. The van der Waals surface area contributed by atoms with Crippen molar-refractivity contribution in [1.82, 2.24) is 4.90 Å². The predicted molar refractivity (Wildman–Crippen MR) is 85.1 cm³/mol. The van der Waals surface area contributed by atoms with Crippen molar-refractivity contribution in [2.24, 2.45) is 0 Å². The van der Waals surface area contributed by atoms with Gasteiger partial charge >= 0.3 is 0 Å². The summed E-state index contributed by atoms with van der Waals surface area (Å²) in [6, 6.07) is 8.63. The van der Waals surface area contributed by atoms with Crippen LogP contribution in [0.5, 0.6) is 0 Å². The Balaban J connectivity index is 1.93. The van der Waals surface area contributed by atoms with Crippen molar-refractivity contribution < 1.29 is 4.74 Å². The van der Waals surface area contributed by atoms with Gasteiger partial charge in [0.05, 0.1) is 12.2 Å². The number of nitrogens with one attached hydrogen (secondary N) is 1. The Hall–Kier alpha value is -1.06. The first-order valence-electron chi connectivity index (χ1n) is 7.92. The quantitative estimate of drug-likeness (QED) is 0.825. The molecule has 1 aromatic rings. The first kappa shape index (κ1) is 15.3. The summed E-state index contributed by atoms with van der Waals surface area (Å²) in [5.74, 6) is 0. The summed E-state index contributed by atoms with van der Waals surface area (Å²) in [5.41, 5.74) is 2.63. The SMILES string of the molecule is CCN(CC)Cc1ccccc1NCC1CCC(C)O1. The van der Waals surface area contributed by atoms with Crippen LogP contribution < -0.4 is 5.32 Å². The van der Waals surface area contributed by atoms with Crippen molar-refractivity contribution in [2.45, 2.75) is 52.4 Å². The van der Waals surface area contributed by atoms with E-state index >= 15 is 0 Å². The Kier molecular flexibility index (Phi) is 5.86. The van der Waals surface area contributed by atoms with Gasteiger partial charge < -0.3 is 10.1 Å². The van der Waals surface area contributed by atoms with Gasteiger partial charge in [-0.3, -0.25) is 4.90 Å². The van der Waals surface area contributed by atoms with Gasteiger partial charge in [0.25, 0.3) is 0 Å². The molecule has 0 aliphatic carbocycles. The topological polar surface area (TPSA) is 24.5 Å². The summed E-state index contributed by atoms with van der Waals surface area (Å²) in [4.78, 5) is 2.44. The van der Waals surface area contributed by atoms with Crippen LogP contribution in [0.4, 0.5) is 5.69 Å². The molecule has 0 radical (unpaired) electrons. The van der Waals surface area contributed by atoms with Crippen LogP contribution in [0.3, 0.4) is 0 Å². The van der Waals surface area contributed by atoms with Gasteiger partial charge in [-0.2, -0.15) is 0 Å². The third-order valence-electron chi connectivity index (χ3n) is 4.15. The van der Waals surface area contributed by atoms with Crippen LogP contribution >= 0.6 is 0 Å². The maximum absolute atomic E-state index is 5.87. The van der Waals surface area contributed by atoms with Crippen molar-refractivity contribution in [1.29, 1.82) is 0 Å². The summed E-state index contributed by atoms with van der Waals surface area (Å²) in [6.07, 6.45) is 3.15. The molecular formula is C17H28N2O. The fraction of sp³-hybridized carbons (Fsp3) is 0.647. The Morgan fingerprint density at radius 2 is 1.95 bits per heavy atom. The summed E-state index contributed by atoms with van der Waals surface area (Å²) in [6.45, 7) is 10.7. The smallest absolute Gasteiger partial charge is 0.0751 e. The fourth-order valence-corrected chi connectivity index (χ4v) is 2.78. The van der Waals surface area contributed by atoms with E-state index in [2.05, 4.69) is 55.3 Å². The van der Waals surface area contributed by atoms with Gasteiger partial charge in [-0.15, -0.1) is 0 Å². The van der Waals surface area contributed by atoms with Gasteiger partial charge in [0.15, 0.2) is 0 Å². The number of rotatable bonds is 7. The molecule has 112 valence electrons. The lowest BCUT2D eigenvalue weighted by molar-refractivity contribution is 0.0637. The Bertz CT molecular complexity index is 404. The van der Waals surface area contributed by atoms with Crippen LogP contribution in [0.2, 0.25) is 0 Å².